The van der Waals surface area contributed by atoms with Gasteiger partial charge in [-0.15, -0.1) is 0 Å². The number of amides is 1. The van der Waals surface area contributed by atoms with Gasteiger partial charge in [0.1, 0.15) is 13.2 Å². The number of nitrogens with one attached hydrogen (secondary N) is 2. The molecule has 2 aliphatic rings. The molecule has 0 bridgehead atoms. The molecule has 2 heterocycles. The van der Waals surface area contributed by atoms with Gasteiger partial charge in [0.2, 0.25) is 0 Å². The van der Waals surface area contributed by atoms with Crippen LogP contribution in [0.25, 0.3) is 0 Å². The second-order valence-electron chi connectivity index (χ2n) is 8.26. The Kier molecular flexibility index (Phi) is 7.06. The normalized spacial score (nSPS) is 20.8. The summed E-state index contributed by atoms with van der Waals surface area (Å²) in [6, 6.07) is 10.9. The van der Waals surface area contributed by atoms with Gasteiger partial charge in [-0.05, 0) is 44.2 Å². The zero-order valence-corrected chi connectivity index (χ0v) is 19.6. The zero-order valence-electron chi connectivity index (χ0n) is 18.7. The topological polar surface area (TPSA) is 106 Å². The quantitative estimate of drug-likeness (QED) is 0.632. The molecular weight excluding hydrogens is 446 g/mol. The number of sulfonamides is 1. The fraction of sp³-hybridized carbons (Fsp3) is 0.435. The fourth-order valence-electron chi connectivity index (χ4n) is 4.03. The van der Waals surface area contributed by atoms with E-state index in [0.717, 1.165) is 19.6 Å². The van der Waals surface area contributed by atoms with Gasteiger partial charge in [0, 0.05) is 43.5 Å². The Balaban J connectivity index is 1.36. The Labute approximate surface area is 194 Å². The first kappa shape index (κ1) is 23.3. The lowest BCUT2D eigenvalue weighted by Gasteiger charge is -2.35. The lowest BCUT2D eigenvalue weighted by atomic mass is 10.2. The Hall–Kier alpha value is -2.82. The van der Waals surface area contributed by atoms with Crippen LogP contribution in [0, 0.1) is 0 Å². The van der Waals surface area contributed by atoms with E-state index in [0.29, 0.717) is 42.5 Å². The summed E-state index contributed by atoms with van der Waals surface area (Å²) in [6.07, 6.45) is 0.340. The summed E-state index contributed by atoms with van der Waals surface area (Å²) >= 11 is 0. The zero-order chi connectivity index (χ0) is 23.4. The fourth-order valence-corrected chi connectivity index (χ4v) is 5.09. The molecule has 2 aliphatic heterocycles. The molecule has 1 saturated heterocycles. The maximum Gasteiger partial charge on any atom is 0.262 e. The molecule has 10 heteroatoms. The number of hydrogen-bond acceptors (Lipinski definition) is 7. The average molecular weight is 476 g/mol. The third-order valence-corrected chi connectivity index (χ3v) is 6.79. The van der Waals surface area contributed by atoms with Crippen molar-refractivity contribution in [3.8, 4) is 11.5 Å². The first-order valence-corrected chi connectivity index (χ1v) is 12.5. The van der Waals surface area contributed by atoms with E-state index in [4.69, 9.17) is 14.2 Å². The molecule has 2 unspecified atom stereocenters. The first-order valence-electron chi connectivity index (χ1n) is 11.0. The van der Waals surface area contributed by atoms with Gasteiger partial charge in [0.25, 0.3) is 15.9 Å². The maximum absolute atomic E-state index is 12.8. The van der Waals surface area contributed by atoms with E-state index in [1.54, 1.807) is 24.3 Å². The van der Waals surface area contributed by atoms with Crippen LogP contribution in [-0.2, 0) is 14.8 Å². The minimum Gasteiger partial charge on any atom is -0.486 e. The molecule has 0 radical (unpaired) electrons. The van der Waals surface area contributed by atoms with Crippen molar-refractivity contribution in [2.75, 3.05) is 44.1 Å². The van der Waals surface area contributed by atoms with Gasteiger partial charge in [-0.1, -0.05) is 6.07 Å². The molecule has 2 aromatic carbocycles. The van der Waals surface area contributed by atoms with Gasteiger partial charge < -0.3 is 19.5 Å². The second kappa shape index (κ2) is 9.98. The predicted octanol–water partition coefficient (Wildman–Crippen LogP) is 2.10. The van der Waals surface area contributed by atoms with Crippen LogP contribution in [0.4, 0.5) is 5.69 Å². The molecule has 4 rings (SSSR count). The molecule has 2 atom stereocenters. The van der Waals surface area contributed by atoms with Crippen LogP contribution in [0.1, 0.15) is 24.2 Å². The number of ether oxygens (including phenoxy) is 3. The third-order valence-electron chi connectivity index (χ3n) is 5.41. The van der Waals surface area contributed by atoms with Crippen molar-refractivity contribution in [1.29, 1.82) is 0 Å². The van der Waals surface area contributed by atoms with E-state index in [-0.39, 0.29) is 23.0 Å². The summed E-state index contributed by atoms with van der Waals surface area (Å²) in [7, 11) is -3.87. The van der Waals surface area contributed by atoms with E-state index in [2.05, 4.69) is 14.9 Å². The van der Waals surface area contributed by atoms with E-state index in [1.165, 1.54) is 18.2 Å². The number of fused-ring (bicyclic) bond motifs is 1. The van der Waals surface area contributed by atoms with Crippen molar-refractivity contribution < 1.29 is 27.4 Å². The standard InChI is InChI=1S/C23H29N3O6S/c1-16-14-26(15-17(2)32-16)9-8-24-23(27)18-4-3-5-19(12-18)25-33(28,29)20-6-7-21-22(13-20)31-11-10-30-21/h3-7,12-13,16-17,25H,8-11,14-15H2,1-2H3,(H,24,27). The minimum absolute atomic E-state index is 0.0515. The maximum atomic E-state index is 12.8. The number of rotatable bonds is 7. The summed E-state index contributed by atoms with van der Waals surface area (Å²) in [5.74, 6) is 0.644. The van der Waals surface area contributed by atoms with E-state index in [9.17, 15) is 13.2 Å². The molecule has 9 nitrogen and oxygen atoms in total. The van der Waals surface area contributed by atoms with Crippen LogP contribution in [-0.4, -0.2) is 70.8 Å². The summed E-state index contributed by atoms with van der Waals surface area (Å²) < 4.78 is 44.9. The summed E-state index contributed by atoms with van der Waals surface area (Å²) in [4.78, 5) is 14.9. The van der Waals surface area contributed by atoms with Crippen LogP contribution >= 0.6 is 0 Å². The van der Waals surface area contributed by atoms with Crippen molar-refractivity contribution in [2.45, 2.75) is 31.0 Å². The summed E-state index contributed by atoms with van der Waals surface area (Å²) in [5, 5.41) is 2.90. The van der Waals surface area contributed by atoms with Gasteiger partial charge in [-0.3, -0.25) is 14.4 Å². The summed E-state index contributed by atoms with van der Waals surface area (Å²) in [5.41, 5.74) is 0.675. The number of nitrogens with zero attached hydrogens (tertiary/aromatic N) is 1. The van der Waals surface area contributed by atoms with Crippen LogP contribution in [0.3, 0.4) is 0 Å². The Bertz CT molecular complexity index is 1100. The van der Waals surface area contributed by atoms with Crippen LogP contribution < -0.4 is 19.5 Å². The highest BCUT2D eigenvalue weighted by Gasteiger charge is 2.22. The Morgan fingerprint density at radius 3 is 2.52 bits per heavy atom. The number of hydrogen-bond donors (Lipinski definition) is 2. The largest absolute Gasteiger partial charge is 0.486 e. The highest BCUT2D eigenvalue weighted by atomic mass is 32.2. The number of carbonyl (C=O) groups excluding carboxylic acids is 1. The van der Waals surface area contributed by atoms with E-state index in [1.807, 2.05) is 13.8 Å². The van der Waals surface area contributed by atoms with Crippen LogP contribution in [0.5, 0.6) is 11.5 Å². The molecule has 0 saturated carbocycles. The molecular formula is C23H29N3O6S. The molecule has 178 valence electrons. The van der Waals surface area contributed by atoms with Crippen LogP contribution in [0.2, 0.25) is 0 Å². The van der Waals surface area contributed by atoms with Crippen molar-refractivity contribution in [3.05, 3.63) is 48.0 Å². The Morgan fingerprint density at radius 2 is 1.76 bits per heavy atom. The van der Waals surface area contributed by atoms with Crippen molar-refractivity contribution in [3.63, 3.8) is 0 Å². The molecule has 1 amide bonds. The highest BCUT2D eigenvalue weighted by molar-refractivity contribution is 7.92. The third kappa shape index (κ3) is 5.95. The van der Waals surface area contributed by atoms with E-state index >= 15 is 0 Å². The summed E-state index contributed by atoms with van der Waals surface area (Å²) in [6.45, 7) is 7.75. The number of anilines is 1. The number of morpholine rings is 1. The predicted molar refractivity (Wildman–Crippen MR) is 123 cm³/mol. The van der Waals surface area contributed by atoms with E-state index < -0.39 is 10.0 Å². The average Bonchev–Trinajstić information content (AvgIpc) is 2.78. The SMILES string of the molecule is CC1CN(CCNC(=O)c2cccc(NS(=O)(=O)c3ccc4c(c3)OCCO4)c2)CC(C)O1. The highest BCUT2D eigenvalue weighted by Crippen LogP contribution is 2.32. The molecule has 33 heavy (non-hydrogen) atoms. The lowest BCUT2D eigenvalue weighted by molar-refractivity contribution is -0.0672. The second-order valence-corrected chi connectivity index (χ2v) is 9.95. The van der Waals surface area contributed by atoms with Gasteiger partial charge in [0.15, 0.2) is 11.5 Å². The lowest BCUT2D eigenvalue weighted by Crippen LogP contribution is -2.47. The van der Waals surface area contributed by atoms with Crippen molar-refractivity contribution >= 4 is 21.6 Å². The molecule has 0 aliphatic carbocycles. The molecule has 0 spiro atoms. The van der Waals surface area contributed by atoms with Crippen molar-refractivity contribution in [2.24, 2.45) is 0 Å². The smallest absolute Gasteiger partial charge is 0.262 e. The van der Waals surface area contributed by atoms with Gasteiger partial charge in [0.05, 0.1) is 17.1 Å². The molecule has 2 aromatic rings. The minimum atomic E-state index is -3.87. The van der Waals surface area contributed by atoms with Crippen molar-refractivity contribution in [1.82, 2.24) is 10.2 Å². The monoisotopic (exact) mass is 475 g/mol. The Morgan fingerprint density at radius 1 is 1.03 bits per heavy atom. The van der Waals surface area contributed by atoms with Crippen LogP contribution in [0.15, 0.2) is 47.4 Å². The van der Waals surface area contributed by atoms with Gasteiger partial charge >= 0.3 is 0 Å². The van der Waals surface area contributed by atoms with Gasteiger partial charge in [-0.25, -0.2) is 8.42 Å². The first-order chi connectivity index (χ1) is 15.8. The number of carbonyl (C=O) groups is 1. The number of benzene rings is 2. The molecule has 2 N–H and O–H groups in total. The molecule has 0 aromatic heterocycles. The molecule has 1 fully saturated rings. The van der Waals surface area contributed by atoms with Gasteiger partial charge in [-0.2, -0.15) is 0 Å².